The number of rotatable bonds is 4. The van der Waals surface area contributed by atoms with E-state index in [4.69, 9.17) is 12.2 Å². The monoisotopic (exact) mass is 362 g/mol. The molecule has 5 saturated carbocycles. The molecule has 140 valence electrons. The minimum atomic E-state index is 0.106. The average Bonchev–Trinajstić information content (AvgIpc) is 2.48. The van der Waals surface area contributed by atoms with Crippen molar-refractivity contribution in [2.75, 3.05) is 0 Å². The van der Waals surface area contributed by atoms with Crippen LogP contribution in [0.15, 0.2) is 0 Å². The maximum Gasteiger partial charge on any atom is 0.226 e. The second kappa shape index (κ2) is 6.21. The van der Waals surface area contributed by atoms with Crippen molar-refractivity contribution < 1.29 is 4.79 Å². The van der Waals surface area contributed by atoms with Crippen molar-refractivity contribution in [3.05, 3.63) is 0 Å². The summed E-state index contributed by atoms with van der Waals surface area (Å²) in [5, 5.41) is 7.19. The maximum absolute atomic E-state index is 12.5. The van der Waals surface area contributed by atoms with Crippen molar-refractivity contribution in [3.63, 3.8) is 0 Å². The van der Waals surface area contributed by atoms with Gasteiger partial charge in [0.1, 0.15) is 0 Å². The molecule has 4 bridgehead atoms. The molecule has 0 aromatic heterocycles. The lowest BCUT2D eigenvalue weighted by molar-refractivity contribution is -0.125. The standard InChI is InChI=1S/C21H34N2OS/c1-4-16-8-17(20(16,2)3)9-18(24)22-19(25)23-21-10-13-5-14(11-21)7-15(6-13)12-21/h13-17H,4-12H2,1-3H3,(H2,22,23,24,25)/t13?,14?,15?,16-,17-,21?/m0/s1. The van der Waals surface area contributed by atoms with E-state index in [2.05, 4.69) is 31.4 Å². The smallest absolute Gasteiger partial charge is 0.226 e. The Bertz CT molecular complexity index is 535. The highest BCUT2D eigenvalue weighted by Gasteiger charge is 2.51. The summed E-state index contributed by atoms with van der Waals surface area (Å²) in [7, 11) is 0. The average molecular weight is 363 g/mol. The van der Waals surface area contributed by atoms with Gasteiger partial charge in [-0.05, 0) is 92.2 Å². The molecule has 25 heavy (non-hydrogen) atoms. The van der Waals surface area contributed by atoms with Crippen LogP contribution >= 0.6 is 12.2 Å². The van der Waals surface area contributed by atoms with Crippen LogP contribution in [0.5, 0.6) is 0 Å². The topological polar surface area (TPSA) is 41.1 Å². The van der Waals surface area contributed by atoms with Gasteiger partial charge in [0, 0.05) is 12.0 Å². The fraction of sp³-hybridized carbons (Fsp3) is 0.905. The Hall–Kier alpha value is -0.640. The van der Waals surface area contributed by atoms with Crippen LogP contribution in [0, 0.1) is 35.0 Å². The molecule has 4 heteroatoms. The van der Waals surface area contributed by atoms with Gasteiger partial charge in [-0.15, -0.1) is 0 Å². The van der Waals surface area contributed by atoms with E-state index in [0.717, 1.165) is 23.7 Å². The van der Waals surface area contributed by atoms with Crippen molar-refractivity contribution in [3.8, 4) is 0 Å². The Labute approximate surface area is 158 Å². The van der Waals surface area contributed by atoms with Crippen LogP contribution in [0.2, 0.25) is 0 Å². The van der Waals surface area contributed by atoms with E-state index in [1.807, 2.05) is 0 Å². The molecule has 2 N–H and O–H groups in total. The summed E-state index contributed by atoms with van der Waals surface area (Å²) >= 11 is 5.53. The number of carbonyl (C=O) groups excluding carboxylic acids is 1. The summed E-state index contributed by atoms with van der Waals surface area (Å²) in [5.74, 6) is 4.04. The first-order chi connectivity index (χ1) is 11.8. The van der Waals surface area contributed by atoms with Gasteiger partial charge in [0.2, 0.25) is 5.91 Å². The van der Waals surface area contributed by atoms with E-state index in [1.165, 1.54) is 51.4 Å². The van der Waals surface area contributed by atoms with Crippen molar-refractivity contribution in [2.24, 2.45) is 35.0 Å². The van der Waals surface area contributed by atoms with E-state index in [-0.39, 0.29) is 11.4 Å². The molecule has 1 amide bonds. The molecule has 0 spiro atoms. The summed E-state index contributed by atoms with van der Waals surface area (Å²) in [5.41, 5.74) is 0.475. The zero-order valence-electron chi connectivity index (χ0n) is 16.1. The Morgan fingerprint density at radius 1 is 1.00 bits per heavy atom. The highest BCUT2D eigenvalue weighted by Crippen LogP contribution is 2.56. The van der Waals surface area contributed by atoms with Gasteiger partial charge in [-0.25, -0.2) is 0 Å². The third-order valence-corrected chi connectivity index (χ3v) is 8.47. The number of thiocarbonyl (C=S) groups is 1. The van der Waals surface area contributed by atoms with Crippen LogP contribution in [-0.2, 0) is 4.79 Å². The normalized spacial score (nSPS) is 43.4. The third kappa shape index (κ3) is 3.24. The molecular weight excluding hydrogens is 328 g/mol. The molecule has 0 heterocycles. The Balaban J connectivity index is 1.29. The molecule has 0 radical (unpaired) electrons. The molecular formula is C21H34N2OS. The highest BCUT2D eigenvalue weighted by molar-refractivity contribution is 7.80. The van der Waals surface area contributed by atoms with Crippen LogP contribution < -0.4 is 10.6 Å². The zero-order chi connectivity index (χ0) is 17.8. The Morgan fingerprint density at radius 3 is 2.04 bits per heavy atom. The highest BCUT2D eigenvalue weighted by atomic mass is 32.1. The van der Waals surface area contributed by atoms with Gasteiger partial charge in [0.05, 0.1) is 0 Å². The third-order valence-electron chi connectivity index (χ3n) is 8.27. The van der Waals surface area contributed by atoms with Crippen LogP contribution in [-0.4, -0.2) is 16.6 Å². The molecule has 0 aromatic carbocycles. The second-order valence-corrected chi connectivity index (χ2v) is 10.7. The van der Waals surface area contributed by atoms with Gasteiger partial charge in [0.15, 0.2) is 5.11 Å². The molecule has 5 fully saturated rings. The van der Waals surface area contributed by atoms with Gasteiger partial charge in [-0.3, -0.25) is 4.79 Å². The van der Waals surface area contributed by atoms with E-state index in [0.29, 0.717) is 22.9 Å². The van der Waals surface area contributed by atoms with Gasteiger partial charge < -0.3 is 10.6 Å². The molecule has 0 aromatic rings. The summed E-state index contributed by atoms with van der Waals surface area (Å²) < 4.78 is 0. The molecule has 5 aliphatic rings. The van der Waals surface area contributed by atoms with E-state index in [1.54, 1.807) is 0 Å². The summed E-state index contributed by atoms with van der Waals surface area (Å²) in [6.07, 6.45) is 11.1. The van der Waals surface area contributed by atoms with Crippen LogP contribution in [0.3, 0.4) is 0 Å². The second-order valence-electron chi connectivity index (χ2n) is 10.3. The first kappa shape index (κ1) is 17.8. The van der Waals surface area contributed by atoms with Gasteiger partial charge in [-0.1, -0.05) is 27.2 Å². The first-order valence-corrected chi connectivity index (χ1v) is 10.8. The van der Waals surface area contributed by atoms with Crippen molar-refractivity contribution in [1.82, 2.24) is 10.6 Å². The number of carbonyl (C=O) groups is 1. The molecule has 0 unspecified atom stereocenters. The van der Waals surface area contributed by atoms with Crippen LogP contribution in [0.1, 0.15) is 78.6 Å². The first-order valence-electron chi connectivity index (χ1n) is 10.4. The van der Waals surface area contributed by atoms with Crippen molar-refractivity contribution in [2.45, 2.75) is 84.1 Å². The zero-order valence-corrected chi connectivity index (χ0v) is 16.9. The Kier molecular flexibility index (Phi) is 4.41. The summed E-state index contributed by atoms with van der Waals surface area (Å²) in [6.45, 7) is 6.89. The predicted molar refractivity (Wildman–Crippen MR) is 105 cm³/mol. The lowest BCUT2D eigenvalue weighted by atomic mass is 9.53. The minimum absolute atomic E-state index is 0.106. The molecule has 5 rings (SSSR count). The lowest BCUT2D eigenvalue weighted by Gasteiger charge is -2.57. The van der Waals surface area contributed by atoms with Crippen LogP contribution in [0.4, 0.5) is 0 Å². The SMILES string of the molecule is CC[C@H]1C[C@@H](CC(=O)NC(=S)NC23CC4CC(CC(C4)C2)C3)C1(C)C. The van der Waals surface area contributed by atoms with E-state index in [9.17, 15) is 4.79 Å². The van der Waals surface area contributed by atoms with Gasteiger partial charge in [0.25, 0.3) is 0 Å². The number of hydrogen-bond donors (Lipinski definition) is 2. The van der Waals surface area contributed by atoms with Crippen molar-refractivity contribution in [1.29, 1.82) is 0 Å². The summed E-state index contributed by atoms with van der Waals surface area (Å²) in [6, 6.07) is 0. The number of amides is 1. The van der Waals surface area contributed by atoms with Crippen molar-refractivity contribution >= 4 is 23.2 Å². The molecule has 0 saturated heterocycles. The molecule has 2 atom stereocenters. The minimum Gasteiger partial charge on any atom is -0.357 e. The fourth-order valence-electron chi connectivity index (χ4n) is 7.10. The summed E-state index contributed by atoms with van der Waals surface area (Å²) in [4.78, 5) is 12.5. The van der Waals surface area contributed by atoms with E-state index < -0.39 is 0 Å². The molecule has 5 aliphatic carbocycles. The van der Waals surface area contributed by atoms with E-state index >= 15 is 0 Å². The maximum atomic E-state index is 12.5. The Morgan fingerprint density at radius 2 is 1.56 bits per heavy atom. The quantitative estimate of drug-likeness (QED) is 0.728. The number of hydrogen-bond acceptors (Lipinski definition) is 2. The lowest BCUT2D eigenvalue weighted by Crippen LogP contribution is -2.62. The molecule has 0 aliphatic heterocycles. The fourth-order valence-corrected chi connectivity index (χ4v) is 7.43. The predicted octanol–water partition coefficient (Wildman–Crippen LogP) is 4.41. The van der Waals surface area contributed by atoms with Crippen LogP contribution in [0.25, 0.3) is 0 Å². The number of nitrogens with one attached hydrogen (secondary N) is 2. The molecule has 3 nitrogen and oxygen atoms in total. The van der Waals surface area contributed by atoms with Gasteiger partial charge in [-0.2, -0.15) is 0 Å². The van der Waals surface area contributed by atoms with Gasteiger partial charge >= 0.3 is 0 Å². The largest absolute Gasteiger partial charge is 0.357 e.